The predicted molar refractivity (Wildman–Crippen MR) is 58.2 cm³/mol. The lowest BCUT2D eigenvalue weighted by molar-refractivity contribution is -0.133. The first-order valence-electron chi connectivity index (χ1n) is 4.70. The molecular weight excluding hydrogens is 214 g/mol. The summed E-state index contributed by atoms with van der Waals surface area (Å²) in [6, 6.07) is 5.32. The maximum Gasteiger partial charge on any atom is 0.294 e. The van der Waals surface area contributed by atoms with Crippen molar-refractivity contribution >= 4 is 29.0 Å². The Bertz CT molecular complexity index is 442. The van der Waals surface area contributed by atoms with Gasteiger partial charge in [-0.15, -0.1) is 0 Å². The summed E-state index contributed by atoms with van der Waals surface area (Å²) in [5.74, 6) is -0.755. The molecular formula is C11H10ClNO2. The lowest BCUT2D eigenvalue weighted by Gasteiger charge is -2.17. The monoisotopic (exact) mass is 223 g/mol. The Morgan fingerprint density at radius 1 is 1.33 bits per heavy atom. The first kappa shape index (κ1) is 10.2. The summed E-state index contributed by atoms with van der Waals surface area (Å²) in [5, 5.41) is 0.572. The molecule has 1 aliphatic rings. The van der Waals surface area contributed by atoms with Gasteiger partial charge in [-0.05, 0) is 24.6 Å². The Morgan fingerprint density at radius 3 is 2.67 bits per heavy atom. The third-order valence-electron chi connectivity index (χ3n) is 2.51. The lowest BCUT2D eigenvalue weighted by atomic mass is 10.2. The van der Waals surface area contributed by atoms with E-state index in [2.05, 4.69) is 0 Å². The number of hydrogen-bond donors (Lipinski definition) is 0. The molecule has 1 amide bonds. The summed E-state index contributed by atoms with van der Waals surface area (Å²) in [7, 11) is 0. The highest BCUT2D eigenvalue weighted by Crippen LogP contribution is 2.26. The van der Waals surface area contributed by atoms with Gasteiger partial charge in [-0.3, -0.25) is 9.59 Å². The van der Waals surface area contributed by atoms with Crippen molar-refractivity contribution in [2.45, 2.75) is 13.3 Å². The summed E-state index contributed by atoms with van der Waals surface area (Å²) in [6.07, 6.45) is 0.296. The molecule has 2 rings (SSSR count). The van der Waals surface area contributed by atoms with Crippen molar-refractivity contribution in [3.8, 4) is 0 Å². The highest BCUT2D eigenvalue weighted by molar-refractivity contribution is 6.43. The Balaban J connectivity index is 2.42. The third-order valence-corrected chi connectivity index (χ3v) is 2.74. The minimum Gasteiger partial charge on any atom is -0.305 e. The zero-order chi connectivity index (χ0) is 11.0. The molecule has 1 aromatic rings. The molecule has 1 saturated heterocycles. The number of amides is 1. The number of Topliss-reactive ketones (excluding diaryl/α,β-unsaturated/α-hetero) is 1. The van der Waals surface area contributed by atoms with E-state index in [1.165, 1.54) is 4.90 Å². The fraction of sp³-hybridized carbons (Fsp3) is 0.273. The minimum atomic E-state index is -0.430. The van der Waals surface area contributed by atoms with Gasteiger partial charge in [0.1, 0.15) is 0 Å². The lowest BCUT2D eigenvalue weighted by Crippen LogP contribution is -2.27. The molecule has 0 atom stereocenters. The van der Waals surface area contributed by atoms with Crippen molar-refractivity contribution in [2.24, 2.45) is 0 Å². The summed E-state index contributed by atoms with van der Waals surface area (Å²) in [4.78, 5) is 24.1. The molecule has 0 radical (unpaired) electrons. The number of benzene rings is 1. The molecule has 1 heterocycles. The van der Waals surface area contributed by atoms with Crippen molar-refractivity contribution in [1.29, 1.82) is 0 Å². The first-order chi connectivity index (χ1) is 7.09. The van der Waals surface area contributed by atoms with Crippen LogP contribution in [0.15, 0.2) is 18.2 Å². The highest BCUT2D eigenvalue weighted by Gasteiger charge is 2.31. The maximum atomic E-state index is 11.5. The molecule has 0 unspecified atom stereocenters. The van der Waals surface area contributed by atoms with Crippen LogP contribution in [0.1, 0.15) is 12.0 Å². The van der Waals surface area contributed by atoms with E-state index in [4.69, 9.17) is 11.6 Å². The van der Waals surface area contributed by atoms with Crippen LogP contribution < -0.4 is 4.90 Å². The average Bonchev–Trinajstić information content (AvgIpc) is 2.52. The van der Waals surface area contributed by atoms with Gasteiger partial charge in [-0.1, -0.05) is 17.7 Å². The van der Waals surface area contributed by atoms with E-state index in [9.17, 15) is 9.59 Å². The molecule has 1 fully saturated rings. The second-order valence-corrected chi connectivity index (χ2v) is 4.00. The van der Waals surface area contributed by atoms with Gasteiger partial charge in [0.05, 0.1) is 0 Å². The Hall–Kier alpha value is -1.35. The van der Waals surface area contributed by atoms with E-state index >= 15 is 0 Å². The molecule has 1 aromatic carbocycles. The largest absolute Gasteiger partial charge is 0.305 e. The van der Waals surface area contributed by atoms with E-state index in [1.54, 1.807) is 12.1 Å². The van der Waals surface area contributed by atoms with Crippen molar-refractivity contribution in [3.05, 3.63) is 28.8 Å². The zero-order valence-electron chi connectivity index (χ0n) is 8.29. The fourth-order valence-electron chi connectivity index (χ4n) is 1.68. The van der Waals surface area contributed by atoms with Crippen molar-refractivity contribution in [3.63, 3.8) is 0 Å². The van der Waals surface area contributed by atoms with Gasteiger partial charge in [0, 0.05) is 23.7 Å². The molecule has 78 valence electrons. The Morgan fingerprint density at radius 2 is 2.07 bits per heavy atom. The maximum absolute atomic E-state index is 11.5. The van der Waals surface area contributed by atoms with E-state index in [0.29, 0.717) is 18.0 Å². The van der Waals surface area contributed by atoms with Crippen LogP contribution in [-0.2, 0) is 9.59 Å². The van der Waals surface area contributed by atoms with E-state index in [-0.39, 0.29) is 5.78 Å². The number of carbonyl (C=O) groups is 2. The van der Waals surface area contributed by atoms with Gasteiger partial charge in [0.25, 0.3) is 5.91 Å². The van der Waals surface area contributed by atoms with Gasteiger partial charge >= 0.3 is 0 Å². The number of rotatable bonds is 1. The van der Waals surface area contributed by atoms with Crippen LogP contribution >= 0.6 is 11.6 Å². The molecule has 0 saturated carbocycles. The van der Waals surface area contributed by atoms with Gasteiger partial charge in [-0.25, -0.2) is 0 Å². The normalized spacial score (nSPS) is 16.3. The zero-order valence-corrected chi connectivity index (χ0v) is 9.04. The van der Waals surface area contributed by atoms with Crippen molar-refractivity contribution < 1.29 is 9.59 Å². The van der Waals surface area contributed by atoms with Crippen LogP contribution in [0.5, 0.6) is 0 Å². The van der Waals surface area contributed by atoms with Crippen LogP contribution in [0.3, 0.4) is 0 Å². The highest BCUT2D eigenvalue weighted by atomic mass is 35.5. The first-order valence-corrected chi connectivity index (χ1v) is 5.08. The smallest absolute Gasteiger partial charge is 0.294 e. The van der Waals surface area contributed by atoms with Crippen LogP contribution in [0.25, 0.3) is 0 Å². The number of carbonyl (C=O) groups excluding carboxylic acids is 2. The summed E-state index contributed by atoms with van der Waals surface area (Å²) >= 11 is 5.86. The topological polar surface area (TPSA) is 37.4 Å². The van der Waals surface area contributed by atoms with Crippen LogP contribution in [0, 0.1) is 6.92 Å². The second kappa shape index (κ2) is 3.66. The standard InChI is InChI=1S/C11H10ClNO2/c1-7-2-3-8(12)6-9(7)13-5-4-10(14)11(13)15/h2-3,6H,4-5H2,1H3. The van der Waals surface area contributed by atoms with Gasteiger partial charge in [-0.2, -0.15) is 0 Å². The van der Waals surface area contributed by atoms with Crippen LogP contribution in [0.4, 0.5) is 5.69 Å². The van der Waals surface area contributed by atoms with Crippen molar-refractivity contribution in [1.82, 2.24) is 0 Å². The molecule has 0 N–H and O–H groups in total. The second-order valence-electron chi connectivity index (χ2n) is 3.56. The van der Waals surface area contributed by atoms with Crippen LogP contribution in [0.2, 0.25) is 5.02 Å². The molecule has 0 spiro atoms. The quantitative estimate of drug-likeness (QED) is 0.683. The molecule has 1 aliphatic heterocycles. The molecule has 0 aliphatic carbocycles. The number of nitrogens with zero attached hydrogens (tertiary/aromatic N) is 1. The molecule has 15 heavy (non-hydrogen) atoms. The van der Waals surface area contributed by atoms with Gasteiger partial charge < -0.3 is 4.90 Å². The fourth-order valence-corrected chi connectivity index (χ4v) is 1.84. The van der Waals surface area contributed by atoms with Gasteiger partial charge in [0.2, 0.25) is 5.78 Å². The molecule has 0 aromatic heterocycles. The number of anilines is 1. The average molecular weight is 224 g/mol. The Kier molecular flexibility index (Phi) is 2.49. The molecule has 0 bridgehead atoms. The van der Waals surface area contributed by atoms with Gasteiger partial charge in [0.15, 0.2) is 0 Å². The number of aryl methyl sites for hydroxylation is 1. The third kappa shape index (κ3) is 1.75. The van der Waals surface area contributed by atoms with Crippen molar-refractivity contribution in [2.75, 3.05) is 11.4 Å². The number of ketones is 1. The molecule has 3 nitrogen and oxygen atoms in total. The SMILES string of the molecule is Cc1ccc(Cl)cc1N1CCC(=O)C1=O. The number of hydrogen-bond acceptors (Lipinski definition) is 2. The predicted octanol–water partition coefficient (Wildman–Crippen LogP) is 1.95. The number of halogens is 1. The van der Waals surface area contributed by atoms with E-state index in [0.717, 1.165) is 11.3 Å². The van der Waals surface area contributed by atoms with E-state index < -0.39 is 5.91 Å². The minimum absolute atomic E-state index is 0.296. The van der Waals surface area contributed by atoms with Crippen LogP contribution in [-0.4, -0.2) is 18.2 Å². The summed E-state index contributed by atoms with van der Waals surface area (Å²) in [5.41, 5.74) is 1.68. The summed E-state index contributed by atoms with van der Waals surface area (Å²) < 4.78 is 0. The Labute approximate surface area is 92.6 Å². The molecule has 4 heteroatoms. The van der Waals surface area contributed by atoms with E-state index in [1.807, 2.05) is 13.0 Å². The summed E-state index contributed by atoms with van der Waals surface area (Å²) in [6.45, 7) is 2.35.